The van der Waals surface area contributed by atoms with E-state index in [9.17, 15) is 10.2 Å². The summed E-state index contributed by atoms with van der Waals surface area (Å²) in [5.41, 5.74) is 4.00. The molecule has 0 spiro atoms. The summed E-state index contributed by atoms with van der Waals surface area (Å²) in [5, 5.41) is 21.3. The van der Waals surface area contributed by atoms with Gasteiger partial charge in [-0.1, -0.05) is 38.5 Å². The van der Waals surface area contributed by atoms with Crippen LogP contribution >= 0.6 is 0 Å². The largest absolute Gasteiger partial charge is 0.512 e. The second-order valence-electron chi connectivity index (χ2n) is 10.4. The molecule has 2 saturated carbocycles. The fraction of sp³-hybridized carbons (Fsp3) is 0.640. The summed E-state index contributed by atoms with van der Waals surface area (Å²) in [4.78, 5) is 4.32. The van der Waals surface area contributed by atoms with Gasteiger partial charge >= 0.3 is 0 Å². The second-order valence-corrected chi connectivity index (χ2v) is 10.4. The average molecular weight is 380 g/mol. The zero-order valence-corrected chi connectivity index (χ0v) is 17.4. The first-order valence-corrected chi connectivity index (χ1v) is 11.1. The van der Waals surface area contributed by atoms with Crippen molar-refractivity contribution >= 4 is 5.57 Å². The lowest BCUT2D eigenvalue weighted by molar-refractivity contribution is -0.0437. The monoisotopic (exact) mass is 379 g/mol. The van der Waals surface area contributed by atoms with Gasteiger partial charge in [0.05, 0.1) is 11.9 Å². The first kappa shape index (κ1) is 18.4. The minimum Gasteiger partial charge on any atom is -0.512 e. The van der Waals surface area contributed by atoms with Gasteiger partial charge in [-0.25, -0.2) is 0 Å². The van der Waals surface area contributed by atoms with E-state index in [0.29, 0.717) is 29.4 Å². The molecule has 0 amide bonds. The van der Waals surface area contributed by atoms with Crippen LogP contribution in [0, 0.1) is 34.5 Å². The van der Waals surface area contributed by atoms with Gasteiger partial charge in [0.15, 0.2) is 0 Å². The van der Waals surface area contributed by atoms with Crippen LogP contribution in [0.4, 0.5) is 0 Å². The minimum atomic E-state index is -0.161. The van der Waals surface area contributed by atoms with Crippen molar-refractivity contribution in [3.8, 4) is 0 Å². The highest BCUT2D eigenvalue weighted by Gasteiger charge is 2.59. The molecule has 1 heterocycles. The molecule has 1 aromatic heterocycles. The van der Waals surface area contributed by atoms with Crippen LogP contribution in [-0.4, -0.2) is 21.3 Å². The van der Waals surface area contributed by atoms with Crippen molar-refractivity contribution in [1.29, 1.82) is 0 Å². The minimum absolute atomic E-state index is 0.0262. The van der Waals surface area contributed by atoms with Crippen LogP contribution in [0.5, 0.6) is 0 Å². The fourth-order valence-electron chi connectivity index (χ4n) is 7.66. The van der Waals surface area contributed by atoms with E-state index in [1.807, 2.05) is 12.3 Å². The maximum Gasteiger partial charge on any atom is 0.0969 e. The molecule has 5 rings (SSSR count). The number of aromatic nitrogens is 1. The highest BCUT2D eigenvalue weighted by Crippen LogP contribution is 2.68. The summed E-state index contributed by atoms with van der Waals surface area (Å²) in [7, 11) is 0. The van der Waals surface area contributed by atoms with Gasteiger partial charge in [-0.05, 0) is 78.2 Å². The summed E-state index contributed by atoms with van der Waals surface area (Å²) in [6.45, 7) is 7.22. The molecule has 7 atom stereocenters. The Kier molecular flexibility index (Phi) is 4.07. The molecule has 3 heteroatoms. The van der Waals surface area contributed by atoms with Crippen molar-refractivity contribution in [3.63, 3.8) is 0 Å². The molecule has 150 valence electrons. The topological polar surface area (TPSA) is 53.4 Å². The normalized spacial score (nSPS) is 45.1. The maximum absolute atomic E-state index is 11.0. The number of hydrogen-bond donors (Lipinski definition) is 2. The van der Waals surface area contributed by atoms with Gasteiger partial charge in [0.1, 0.15) is 0 Å². The molecule has 0 bridgehead atoms. The number of hydrogen-bond acceptors (Lipinski definition) is 3. The van der Waals surface area contributed by atoms with E-state index in [1.165, 1.54) is 12.0 Å². The molecule has 4 aliphatic rings. The molecule has 0 aromatic carbocycles. The first-order chi connectivity index (χ1) is 13.3. The smallest absolute Gasteiger partial charge is 0.0969 e. The highest BCUT2D eigenvalue weighted by molar-refractivity contribution is 5.74. The third kappa shape index (κ3) is 2.41. The lowest BCUT2D eigenvalue weighted by Crippen LogP contribution is -2.52. The molecule has 28 heavy (non-hydrogen) atoms. The number of rotatable bonds is 1. The predicted molar refractivity (Wildman–Crippen MR) is 111 cm³/mol. The lowest BCUT2D eigenvalue weighted by Gasteiger charge is -2.59. The maximum atomic E-state index is 11.0. The molecule has 2 fully saturated rings. The Morgan fingerprint density at radius 2 is 1.86 bits per heavy atom. The molecule has 3 nitrogen and oxygen atoms in total. The Balaban J connectivity index is 1.55. The van der Waals surface area contributed by atoms with Crippen molar-refractivity contribution in [2.45, 2.75) is 65.4 Å². The van der Waals surface area contributed by atoms with Gasteiger partial charge < -0.3 is 10.2 Å². The van der Waals surface area contributed by atoms with Crippen LogP contribution in [0.2, 0.25) is 0 Å². The van der Waals surface area contributed by atoms with Crippen LogP contribution in [0.1, 0.15) is 64.9 Å². The average Bonchev–Trinajstić information content (AvgIpc) is 2.94. The van der Waals surface area contributed by atoms with Gasteiger partial charge in [-0.2, -0.15) is 0 Å². The van der Waals surface area contributed by atoms with Gasteiger partial charge in [-0.3, -0.25) is 4.98 Å². The summed E-state index contributed by atoms with van der Waals surface area (Å²) in [5.74, 6) is 2.84. The second kappa shape index (κ2) is 6.19. The van der Waals surface area contributed by atoms with E-state index >= 15 is 0 Å². The molecular weight excluding hydrogens is 346 g/mol. The van der Waals surface area contributed by atoms with Gasteiger partial charge in [0.2, 0.25) is 0 Å². The number of aliphatic hydroxyl groups excluding tert-OH is 2. The Labute approximate surface area is 168 Å². The van der Waals surface area contributed by atoms with E-state index < -0.39 is 0 Å². The number of allylic oxidation sites excluding steroid dienone is 3. The third-order valence-electron chi connectivity index (χ3n) is 9.02. The van der Waals surface area contributed by atoms with Crippen LogP contribution < -0.4 is 0 Å². The van der Waals surface area contributed by atoms with Crippen molar-refractivity contribution in [3.05, 3.63) is 47.5 Å². The Morgan fingerprint density at radius 3 is 2.61 bits per heavy atom. The molecule has 0 saturated heterocycles. The summed E-state index contributed by atoms with van der Waals surface area (Å²) >= 11 is 0. The van der Waals surface area contributed by atoms with E-state index in [1.54, 1.807) is 6.20 Å². The zero-order chi connectivity index (χ0) is 19.7. The van der Waals surface area contributed by atoms with Crippen molar-refractivity contribution in [2.24, 2.45) is 34.5 Å². The third-order valence-corrected chi connectivity index (χ3v) is 9.02. The van der Waals surface area contributed by atoms with Crippen LogP contribution in [-0.2, 0) is 0 Å². The van der Waals surface area contributed by atoms with Crippen molar-refractivity contribution in [1.82, 2.24) is 4.98 Å². The Hall–Kier alpha value is -1.61. The molecule has 2 unspecified atom stereocenters. The van der Waals surface area contributed by atoms with Crippen LogP contribution in [0.25, 0.3) is 5.57 Å². The Bertz CT molecular complexity index is 843. The van der Waals surface area contributed by atoms with Gasteiger partial charge in [-0.15, -0.1) is 0 Å². The summed E-state index contributed by atoms with van der Waals surface area (Å²) in [6.07, 6.45) is 12.1. The van der Waals surface area contributed by atoms with Crippen LogP contribution in [0.3, 0.4) is 0 Å². The molecule has 1 aromatic rings. The summed E-state index contributed by atoms with van der Waals surface area (Å²) in [6, 6.07) is 4.08. The van der Waals surface area contributed by atoms with Crippen molar-refractivity contribution < 1.29 is 10.2 Å². The molecular formula is C25H33NO2. The Morgan fingerprint density at radius 1 is 1.07 bits per heavy atom. The number of aliphatic hydroxyl groups is 2. The van der Waals surface area contributed by atoms with E-state index in [2.05, 4.69) is 37.9 Å². The van der Waals surface area contributed by atoms with E-state index in [4.69, 9.17) is 0 Å². The first-order valence-electron chi connectivity index (χ1n) is 11.1. The van der Waals surface area contributed by atoms with Gasteiger partial charge in [0.25, 0.3) is 0 Å². The zero-order valence-electron chi connectivity index (χ0n) is 17.4. The fourth-order valence-corrected chi connectivity index (χ4v) is 7.66. The molecule has 2 N–H and O–H groups in total. The molecule has 0 aliphatic heterocycles. The molecule has 4 aliphatic carbocycles. The van der Waals surface area contributed by atoms with E-state index in [-0.39, 0.29) is 16.9 Å². The SMILES string of the molecule is CC1C=C2CC(O)CC[C@]2(C)[C@H]2CC[C@]3(C)C(c4cccnc4)=C(O)C[C@H]3[C@H]12. The van der Waals surface area contributed by atoms with Gasteiger partial charge in [0, 0.05) is 24.4 Å². The van der Waals surface area contributed by atoms with Crippen molar-refractivity contribution in [2.75, 3.05) is 0 Å². The number of fused-ring (bicyclic) bond motifs is 5. The predicted octanol–water partition coefficient (Wildman–Crippen LogP) is 5.53. The lowest BCUT2D eigenvalue weighted by atomic mass is 9.45. The quantitative estimate of drug-likeness (QED) is 0.631. The molecule has 0 radical (unpaired) electrons. The van der Waals surface area contributed by atoms with Crippen LogP contribution in [0.15, 0.2) is 41.9 Å². The number of nitrogens with zero attached hydrogens (tertiary/aromatic N) is 1. The standard InChI is InChI=1S/C25H33NO2/c1-15-11-17-12-18(27)6-8-24(17,2)19-7-9-25(3)20(22(15)19)13-21(28)23(25)16-5-4-10-26-14-16/h4-5,10-11,14-15,18-20,22,27-28H,6-9,12-13H2,1-3H3/t15?,18?,19-,20-,22+,24-,25-/m0/s1. The highest BCUT2D eigenvalue weighted by atomic mass is 16.3. The summed E-state index contributed by atoms with van der Waals surface area (Å²) < 4.78 is 0. The number of pyridine rings is 1. The van der Waals surface area contributed by atoms with E-state index in [0.717, 1.165) is 43.2 Å².